The molecule has 4 unspecified atom stereocenters. The summed E-state index contributed by atoms with van der Waals surface area (Å²) in [6, 6.07) is 0. The summed E-state index contributed by atoms with van der Waals surface area (Å²) in [5.74, 6) is 3.77. The van der Waals surface area contributed by atoms with Gasteiger partial charge in [-0.1, -0.05) is 62.1 Å². The van der Waals surface area contributed by atoms with E-state index in [1.807, 2.05) is 0 Å². The van der Waals surface area contributed by atoms with E-state index >= 15 is 0 Å². The zero-order valence-electron chi connectivity index (χ0n) is 11.7. The maximum Gasteiger partial charge on any atom is -0.0122 e. The van der Waals surface area contributed by atoms with Crippen molar-refractivity contribution in [1.29, 1.82) is 0 Å². The molecule has 0 aromatic carbocycles. The average molecular weight is 252 g/mol. The van der Waals surface area contributed by atoms with Crippen LogP contribution in [0.15, 0.2) is 47.6 Å². The van der Waals surface area contributed by atoms with Gasteiger partial charge in [-0.05, 0) is 54.1 Å². The van der Waals surface area contributed by atoms with Gasteiger partial charge in [0, 0.05) is 0 Å². The molecule has 19 heavy (non-hydrogen) atoms. The Labute approximate surface area is 117 Å². The Morgan fingerprint density at radius 3 is 2.11 bits per heavy atom. The van der Waals surface area contributed by atoms with Crippen LogP contribution in [0.5, 0.6) is 0 Å². The molecule has 0 saturated heterocycles. The molecule has 0 amide bonds. The van der Waals surface area contributed by atoms with Crippen molar-refractivity contribution in [1.82, 2.24) is 0 Å². The van der Waals surface area contributed by atoms with Crippen molar-refractivity contribution in [3.63, 3.8) is 0 Å². The minimum Gasteiger partial charge on any atom is -0.0623 e. The third-order valence-electron chi connectivity index (χ3n) is 5.93. The van der Waals surface area contributed by atoms with Crippen LogP contribution in [-0.2, 0) is 0 Å². The third kappa shape index (κ3) is 1.88. The monoisotopic (exact) mass is 252 g/mol. The summed E-state index contributed by atoms with van der Waals surface area (Å²) >= 11 is 0. The van der Waals surface area contributed by atoms with Crippen LogP contribution in [-0.4, -0.2) is 0 Å². The van der Waals surface area contributed by atoms with Crippen molar-refractivity contribution < 1.29 is 0 Å². The Bertz CT molecular complexity index is 474. The molecule has 0 spiro atoms. The van der Waals surface area contributed by atoms with Crippen LogP contribution < -0.4 is 0 Å². The lowest BCUT2D eigenvalue weighted by Crippen LogP contribution is -2.22. The zero-order valence-corrected chi connectivity index (χ0v) is 11.7. The molecule has 2 fully saturated rings. The lowest BCUT2D eigenvalue weighted by Gasteiger charge is -2.29. The van der Waals surface area contributed by atoms with Gasteiger partial charge in [0.05, 0.1) is 0 Å². The van der Waals surface area contributed by atoms with Gasteiger partial charge in [0.25, 0.3) is 0 Å². The van der Waals surface area contributed by atoms with Gasteiger partial charge < -0.3 is 0 Å². The SMILES string of the molecule is C1=CC=CC2=C(C=C1)C1CCCCCC3CCC2C31. The summed E-state index contributed by atoms with van der Waals surface area (Å²) in [7, 11) is 0. The molecule has 0 radical (unpaired) electrons. The molecule has 100 valence electrons. The fourth-order valence-electron chi connectivity index (χ4n) is 5.23. The Morgan fingerprint density at radius 1 is 0.632 bits per heavy atom. The van der Waals surface area contributed by atoms with Crippen LogP contribution in [0.1, 0.15) is 44.9 Å². The number of allylic oxidation sites excluding steroid dienone is 8. The summed E-state index contributed by atoms with van der Waals surface area (Å²) in [5, 5.41) is 0. The Kier molecular flexibility index (Phi) is 2.98. The first-order valence-electron chi connectivity index (χ1n) is 8.20. The van der Waals surface area contributed by atoms with Crippen molar-refractivity contribution in [2.75, 3.05) is 0 Å². The van der Waals surface area contributed by atoms with Crippen molar-refractivity contribution in [2.45, 2.75) is 44.9 Å². The van der Waals surface area contributed by atoms with Crippen LogP contribution in [0, 0.1) is 23.7 Å². The van der Waals surface area contributed by atoms with E-state index in [0.29, 0.717) is 0 Å². The van der Waals surface area contributed by atoms with E-state index in [1.165, 1.54) is 44.9 Å². The third-order valence-corrected chi connectivity index (χ3v) is 5.93. The molecular formula is C19H24. The Balaban J connectivity index is 1.75. The normalized spacial score (nSPS) is 40.4. The van der Waals surface area contributed by atoms with Gasteiger partial charge in [-0.25, -0.2) is 0 Å². The van der Waals surface area contributed by atoms with Gasteiger partial charge >= 0.3 is 0 Å². The number of hydrogen-bond acceptors (Lipinski definition) is 0. The highest BCUT2D eigenvalue weighted by molar-refractivity contribution is 5.46. The summed E-state index contributed by atoms with van der Waals surface area (Å²) < 4.78 is 0. The van der Waals surface area contributed by atoms with E-state index in [0.717, 1.165) is 23.7 Å². The van der Waals surface area contributed by atoms with Gasteiger partial charge in [0.15, 0.2) is 0 Å². The predicted octanol–water partition coefficient (Wildman–Crippen LogP) is 5.20. The van der Waals surface area contributed by atoms with E-state index in [2.05, 4.69) is 36.5 Å². The molecule has 0 bridgehead atoms. The molecule has 4 atom stereocenters. The first kappa shape index (κ1) is 11.8. The molecule has 4 rings (SSSR count). The first-order chi connectivity index (χ1) is 9.45. The van der Waals surface area contributed by atoms with Gasteiger partial charge in [-0.2, -0.15) is 0 Å². The summed E-state index contributed by atoms with van der Waals surface area (Å²) in [4.78, 5) is 0. The van der Waals surface area contributed by atoms with Crippen molar-refractivity contribution in [3.05, 3.63) is 47.6 Å². The molecule has 0 N–H and O–H groups in total. The second-order valence-electron chi connectivity index (χ2n) is 6.78. The summed E-state index contributed by atoms with van der Waals surface area (Å²) in [5.41, 5.74) is 3.39. The second kappa shape index (κ2) is 4.81. The fourth-order valence-corrected chi connectivity index (χ4v) is 5.23. The largest absolute Gasteiger partial charge is 0.0623 e. The summed E-state index contributed by atoms with van der Waals surface area (Å²) in [6.07, 6.45) is 24.0. The van der Waals surface area contributed by atoms with Crippen molar-refractivity contribution in [3.8, 4) is 0 Å². The topological polar surface area (TPSA) is 0 Å². The minimum absolute atomic E-state index is 0.875. The molecule has 0 heterocycles. The van der Waals surface area contributed by atoms with Gasteiger partial charge in [-0.15, -0.1) is 0 Å². The highest BCUT2D eigenvalue weighted by Crippen LogP contribution is 2.57. The highest BCUT2D eigenvalue weighted by Gasteiger charge is 2.48. The van der Waals surface area contributed by atoms with E-state index < -0.39 is 0 Å². The molecule has 4 aliphatic rings. The van der Waals surface area contributed by atoms with E-state index in [9.17, 15) is 0 Å². The first-order valence-corrected chi connectivity index (χ1v) is 8.20. The van der Waals surface area contributed by atoms with Crippen LogP contribution in [0.2, 0.25) is 0 Å². The molecule has 0 heteroatoms. The number of fused-ring (bicyclic) bond motifs is 2. The number of rotatable bonds is 0. The standard InChI is InChI=1S/C19H24/c1-2-6-10-16-15(9-5-1)17-11-7-3-4-8-14-12-13-18(16)19(14)17/h1-2,5-6,9-10,14,17-19H,3-4,7-8,11-13H2. The van der Waals surface area contributed by atoms with Crippen LogP contribution >= 0.6 is 0 Å². The summed E-state index contributed by atoms with van der Waals surface area (Å²) in [6.45, 7) is 0. The highest BCUT2D eigenvalue weighted by atomic mass is 14.5. The van der Waals surface area contributed by atoms with Gasteiger partial charge in [0.1, 0.15) is 0 Å². The smallest absolute Gasteiger partial charge is 0.0122 e. The van der Waals surface area contributed by atoms with Gasteiger partial charge in [-0.3, -0.25) is 0 Å². The van der Waals surface area contributed by atoms with Gasteiger partial charge in [0.2, 0.25) is 0 Å². The number of hydrogen-bond donors (Lipinski definition) is 0. The molecule has 4 aliphatic carbocycles. The van der Waals surface area contributed by atoms with E-state index in [-0.39, 0.29) is 0 Å². The predicted molar refractivity (Wildman–Crippen MR) is 80.7 cm³/mol. The average Bonchev–Trinajstić information content (AvgIpc) is 2.84. The zero-order chi connectivity index (χ0) is 12.7. The molecule has 0 nitrogen and oxygen atoms in total. The van der Waals surface area contributed by atoms with Crippen LogP contribution in [0.4, 0.5) is 0 Å². The molecule has 0 aliphatic heterocycles. The lowest BCUT2D eigenvalue weighted by molar-refractivity contribution is 0.231. The van der Waals surface area contributed by atoms with E-state index in [1.54, 1.807) is 11.1 Å². The minimum atomic E-state index is 0.875. The lowest BCUT2D eigenvalue weighted by atomic mass is 9.75. The fraction of sp³-hybridized carbons (Fsp3) is 0.579. The maximum atomic E-state index is 2.43. The van der Waals surface area contributed by atoms with Crippen molar-refractivity contribution >= 4 is 0 Å². The quantitative estimate of drug-likeness (QED) is 0.555. The molecule has 0 aromatic heterocycles. The van der Waals surface area contributed by atoms with E-state index in [4.69, 9.17) is 0 Å². The Morgan fingerprint density at radius 2 is 1.32 bits per heavy atom. The molecular weight excluding hydrogens is 228 g/mol. The molecule has 2 saturated carbocycles. The maximum absolute atomic E-state index is 2.43. The van der Waals surface area contributed by atoms with Crippen LogP contribution in [0.25, 0.3) is 0 Å². The van der Waals surface area contributed by atoms with Crippen LogP contribution in [0.3, 0.4) is 0 Å². The molecule has 0 aromatic rings. The second-order valence-corrected chi connectivity index (χ2v) is 6.78. The van der Waals surface area contributed by atoms with Crippen molar-refractivity contribution in [2.24, 2.45) is 23.7 Å². The Hall–Kier alpha value is -1.04.